The molecule has 28 heavy (non-hydrogen) atoms. The van der Waals surface area contributed by atoms with Crippen LogP contribution < -0.4 is 4.80 Å². The molecule has 6 heteroatoms. The minimum absolute atomic E-state index is 0.268. The van der Waals surface area contributed by atoms with Crippen molar-refractivity contribution in [3.63, 3.8) is 0 Å². The lowest BCUT2D eigenvalue weighted by Crippen LogP contribution is -2.16. The average molecular weight is 391 g/mol. The van der Waals surface area contributed by atoms with Gasteiger partial charge in [0.15, 0.2) is 0 Å². The van der Waals surface area contributed by atoms with E-state index in [2.05, 4.69) is 32.3 Å². The summed E-state index contributed by atoms with van der Waals surface area (Å²) in [6, 6.07) is 20.2. The van der Waals surface area contributed by atoms with Crippen molar-refractivity contribution in [2.45, 2.75) is 13.5 Å². The Morgan fingerprint density at radius 3 is 2.54 bits per heavy atom. The molecule has 4 aromatic rings. The fourth-order valence-electron chi connectivity index (χ4n) is 2.83. The van der Waals surface area contributed by atoms with E-state index in [0.29, 0.717) is 6.54 Å². The molecule has 0 radical (unpaired) electrons. The fraction of sp³-hybridized carbons (Fsp3) is 0.0909. The van der Waals surface area contributed by atoms with Crippen LogP contribution in [0.15, 0.2) is 93.0 Å². The molecule has 0 saturated heterocycles. The predicted molar refractivity (Wildman–Crippen MR) is 110 cm³/mol. The van der Waals surface area contributed by atoms with E-state index in [1.54, 1.807) is 18.4 Å². The first kappa shape index (κ1) is 18.1. The van der Waals surface area contributed by atoms with Gasteiger partial charge in [-0.05, 0) is 42.3 Å². The molecular formula is C22H18FN3OS. The number of rotatable bonds is 5. The Hall–Kier alpha value is -3.25. The quantitative estimate of drug-likeness (QED) is 0.335. The van der Waals surface area contributed by atoms with Gasteiger partial charge in [-0.3, -0.25) is 0 Å². The number of benzene rings is 2. The molecule has 0 saturated carbocycles. The zero-order valence-electron chi connectivity index (χ0n) is 15.2. The van der Waals surface area contributed by atoms with Gasteiger partial charge in [0.2, 0.25) is 4.80 Å². The minimum Gasteiger partial charge on any atom is -0.467 e. The highest BCUT2D eigenvalue weighted by molar-refractivity contribution is 7.07. The van der Waals surface area contributed by atoms with E-state index in [-0.39, 0.29) is 5.82 Å². The normalized spacial score (nSPS) is 12.5. The van der Waals surface area contributed by atoms with Crippen LogP contribution in [0, 0.1) is 5.82 Å². The molecule has 0 unspecified atom stereocenters. The van der Waals surface area contributed by atoms with Gasteiger partial charge in [0.05, 0.1) is 24.2 Å². The lowest BCUT2D eigenvalue weighted by molar-refractivity contribution is 0.491. The fourth-order valence-corrected chi connectivity index (χ4v) is 3.69. The Balaban J connectivity index is 1.75. The highest BCUT2D eigenvalue weighted by atomic mass is 32.1. The average Bonchev–Trinajstić information content (AvgIpc) is 3.38. The van der Waals surface area contributed by atoms with Crippen molar-refractivity contribution in [1.29, 1.82) is 0 Å². The summed E-state index contributed by atoms with van der Waals surface area (Å²) in [6.45, 7) is 2.42. The molecule has 2 aromatic carbocycles. The third-order valence-corrected chi connectivity index (χ3v) is 5.16. The molecule has 0 aliphatic rings. The summed E-state index contributed by atoms with van der Waals surface area (Å²) in [7, 11) is 0. The highest BCUT2D eigenvalue weighted by Crippen LogP contribution is 2.21. The summed E-state index contributed by atoms with van der Waals surface area (Å²) >= 11 is 1.52. The van der Waals surface area contributed by atoms with Crippen molar-refractivity contribution in [3.05, 3.63) is 100 Å². The molecule has 4 rings (SSSR count). The third kappa shape index (κ3) is 4.02. The van der Waals surface area contributed by atoms with Crippen molar-refractivity contribution >= 4 is 17.0 Å². The van der Waals surface area contributed by atoms with Gasteiger partial charge in [0.1, 0.15) is 11.6 Å². The van der Waals surface area contributed by atoms with Crippen molar-refractivity contribution < 1.29 is 8.81 Å². The van der Waals surface area contributed by atoms with Crippen LogP contribution in [0.5, 0.6) is 0 Å². The van der Waals surface area contributed by atoms with Crippen molar-refractivity contribution in [1.82, 2.24) is 4.57 Å². The van der Waals surface area contributed by atoms with Crippen molar-refractivity contribution in [2.24, 2.45) is 10.2 Å². The van der Waals surface area contributed by atoms with Crippen LogP contribution in [-0.2, 0) is 6.54 Å². The maximum absolute atomic E-state index is 13.1. The van der Waals surface area contributed by atoms with Crippen LogP contribution >= 0.6 is 11.3 Å². The second-order valence-electron chi connectivity index (χ2n) is 6.23. The molecule has 140 valence electrons. The second-order valence-corrected chi connectivity index (χ2v) is 7.06. The highest BCUT2D eigenvalue weighted by Gasteiger charge is 2.10. The first-order chi connectivity index (χ1) is 13.7. The standard InChI is InChI=1S/C22H18FN3OS/c1-16(17-9-11-19(23)12-10-17)24-25-22-26(14-20-8-5-13-27-20)21(15-28-22)18-6-3-2-4-7-18/h2-13,15H,14H2,1H3/b24-16-,25-22+. The molecule has 0 bridgehead atoms. The van der Waals surface area contributed by atoms with Gasteiger partial charge >= 0.3 is 0 Å². The molecule has 4 nitrogen and oxygen atoms in total. The van der Waals surface area contributed by atoms with E-state index >= 15 is 0 Å². The number of thiazole rings is 1. The van der Waals surface area contributed by atoms with Crippen LogP contribution in [0.1, 0.15) is 18.2 Å². The van der Waals surface area contributed by atoms with Crippen LogP contribution in [0.4, 0.5) is 4.39 Å². The number of halogens is 1. The Kier molecular flexibility index (Phi) is 5.30. The van der Waals surface area contributed by atoms with Gasteiger partial charge in [0.25, 0.3) is 0 Å². The largest absolute Gasteiger partial charge is 0.467 e. The molecule has 2 aromatic heterocycles. The third-order valence-electron chi connectivity index (χ3n) is 4.31. The number of furan rings is 1. The van der Waals surface area contributed by atoms with E-state index < -0.39 is 0 Å². The molecular weight excluding hydrogens is 373 g/mol. The summed E-state index contributed by atoms with van der Waals surface area (Å²) in [4.78, 5) is 0.761. The zero-order valence-corrected chi connectivity index (χ0v) is 16.1. The van der Waals surface area contributed by atoms with E-state index in [1.165, 1.54) is 23.5 Å². The summed E-state index contributed by atoms with van der Waals surface area (Å²) in [6.07, 6.45) is 1.66. The van der Waals surface area contributed by atoms with Gasteiger partial charge in [-0.1, -0.05) is 42.5 Å². The topological polar surface area (TPSA) is 42.8 Å². The monoisotopic (exact) mass is 391 g/mol. The summed E-state index contributed by atoms with van der Waals surface area (Å²) < 4.78 is 20.7. The lowest BCUT2D eigenvalue weighted by Gasteiger charge is -2.07. The number of hydrogen-bond acceptors (Lipinski definition) is 4. The Labute approximate surface area is 165 Å². The van der Waals surface area contributed by atoms with Gasteiger partial charge < -0.3 is 8.98 Å². The summed E-state index contributed by atoms with van der Waals surface area (Å²) in [5.41, 5.74) is 3.71. The molecule has 0 N–H and O–H groups in total. The van der Waals surface area contributed by atoms with Crippen LogP contribution in [0.25, 0.3) is 11.3 Å². The first-order valence-corrected chi connectivity index (χ1v) is 9.69. The lowest BCUT2D eigenvalue weighted by atomic mass is 10.1. The van der Waals surface area contributed by atoms with Gasteiger partial charge in [-0.25, -0.2) is 4.39 Å². The molecule has 0 aliphatic heterocycles. The maximum atomic E-state index is 13.1. The van der Waals surface area contributed by atoms with E-state index in [4.69, 9.17) is 4.42 Å². The van der Waals surface area contributed by atoms with E-state index in [1.807, 2.05) is 37.3 Å². The van der Waals surface area contributed by atoms with Gasteiger partial charge in [-0.15, -0.1) is 16.4 Å². The molecule has 0 spiro atoms. The number of nitrogens with zero attached hydrogens (tertiary/aromatic N) is 3. The molecule has 0 fully saturated rings. The number of aromatic nitrogens is 1. The Bertz CT molecular complexity index is 1140. The molecule has 0 atom stereocenters. The Morgan fingerprint density at radius 2 is 1.82 bits per heavy atom. The maximum Gasteiger partial charge on any atom is 0.211 e. The minimum atomic E-state index is -0.268. The van der Waals surface area contributed by atoms with E-state index in [0.717, 1.165) is 33.1 Å². The van der Waals surface area contributed by atoms with Crippen molar-refractivity contribution in [3.8, 4) is 11.3 Å². The van der Waals surface area contributed by atoms with Crippen LogP contribution in [0.3, 0.4) is 0 Å². The van der Waals surface area contributed by atoms with Crippen LogP contribution in [-0.4, -0.2) is 10.3 Å². The SMILES string of the molecule is C/C(=N/N=c1/scc(-c2ccccc2)n1Cc1ccco1)c1ccc(F)cc1. The smallest absolute Gasteiger partial charge is 0.211 e. The number of hydrogen-bond donors (Lipinski definition) is 0. The molecule has 0 amide bonds. The molecule has 0 aliphatic carbocycles. The summed E-state index contributed by atoms with van der Waals surface area (Å²) in [5, 5.41) is 10.9. The zero-order chi connectivity index (χ0) is 19.3. The van der Waals surface area contributed by atoms with Crippen LogP contribution in [0.2, 0.25) is 0 Å². The first-order valence-electron chi connectivity index (χ1n) is 8.81. The molecule has 2 heterocycles. The summed E-state index contributed by atoms with van der Waals surface area (Å²) in [5.74, 6) is 0.576. The second kappa shape index (κ2) is 8.19. The van der Waals surface area contributed by atoms with Gasteiger partial charge in [-0.2, -0.15) is 5.10 Å². The Morgan fingerprint density at radius 1 is 1.04 bits per heavy atom. The van der Waals surface area contributed by atoms with Crippen molar-refractivity contribution in [2.75, 3.05) is 0 Å². The van der Waals surface area contributed by atoms with Gasteiger partial charge in [0, 0.05) is 5.38 Å². The predicted octanol–water partition coefficient (Wildman–Crippen LogP) is 5.32. The van der Waals surface area contributed by atoms with E-state index in [9.17, 15) is 4.39 Å².